The maximum Gasteiger partial charge on any atom is 0.219 e. The van der Waals surface area contributed by atoms with Gasteiger partial charge in [0.2, 0.25) is 5.91 Å². The first-order valence-electron chi connectivity index (χ1n) is 5.49. The van der Waals surface area contributed by atoms with E-state index in [1.165, 1.54) is 0 Å². The molecule has 0 saturated carbocycles. The van der Waals surface area contributed by atoms with Gasteiger partial charge in [-0.3, -0.25) is 4.79 Å². The molecule has 1 amide bonds. The first-order valence-corrected chi connectivity index (χ1v) is 5.87. The Bertz CT molecular complexity index is 429. The summed E-state index contributed by atoms with van der Waals surface area (Å²) in [6.07, 6.45) is 1.59. The van der Waals surface area contributed by atoms with Crippen molar-refractivity contribution in [3.05, 3.63) is 17.3 Å². The minimum atomic E-state index is 0.113. The van der Waals surface area contributed by atoms with Crippen molar-refractivity contribution in [3.63, 3.8) is 0 Å². The second kappa shape index (κ2) is 4.79. The van der Waals surface area contributed by atoms with Crippen LogP contribution >= 0.6 is 11.6 Å². The van der Waals surface area contributed by atoms with E-state index in [4.69, 9.17) is 17.3 Å². The van der Waals surface area contributed by atoms with Gasteiger partial charge in [-0.25, -0.2) is 4.98 Å². The molecule has 0 unspecified atom stereocenters. The van der Waals surface area contributed by atoms with Crippen LogP contribution in [-0.2, 0) is 4.79 Å². The summed E-state index contributed by atoms with van der Waals surface area (Å²) < 4.78 is 0. The van der Waals surface area contributed by atoms with Crippen molar-refractivity contribution < 1.29 is 4.79 Å². The van der Waals surface area contributed by atoms with Crippen LogP contribution in [0.15, 0.2) is 12.3 Å². The van der Waals surface area contributed by atoms with Crippen LogP contribution < -0.4 is 10.6 Å². The van der Waals surface area contributed by atoms with Crippen LogP contribution in [0, 0.1) is 0 Å². The number of aromatic nitrogens is 1. The predicted molar refractivity (Wildman–Crippen MR) is 68.1 cm³/mol. The zero-order chi connectivity index (χ0) is 12.4. The largest absolute Gasteiger partial charge is 0.396 e. The van der Waals surface area contributed by atoms with Gasteiger partial charge in [0.15, 0.2) is 5.82 Å². The Morgan fingerprint density at radius 3 is 2.59 bits per heavy atom. The summed E-state index contributed by atoms with van der Waals surface area (Å²) in [5.41, 5.74) is 6.46. The molecule has 0 spiro atoms. The Balaban J connectivity index is 2.08. The fourth-order valence-corrected chi connectivity index (χ4v) is 2.11. The van der Waals surface area contributed by atoms with E-state index in [9.17, 15) is 4.79 Å². The normalized spacial score (nSPS) is 16.1. The van der Waals surface area contributed by atoms with Gasteiger partial charge in [0, 0.05) is 39.3 Å². The van der Waals surface area contributed by atoms with Gasteiger partial charge in [-0.2, -0.15) is 0 Å². The quantitative estimate of drug-likeness (QED) is 0.812. The van der Waals surface area contributed by atoms with Crippen molar-refractivity contribution >= 4 is 29.0 Å². The summed E-state index contributed by atoms with van der Waals surface area (Å²) >= 11 is 5.81. The standard InChI is InChI=1S/C11H15ClN4O/c1-8(17)15-2-4-16(5-3-15)11-10(13)6-9(12)7-14-11/h6-7H,2-5,13H2,1H3. The number of hydrogen-bond donors (Lipinski definition) is 1. The van der Waals surface area contributed by atoms with E-state index in [1.807, 2.05) is 4.90 Å². The number of nitrogen functional groups attached to an aromatic ring is 1. The van der Waals surface area contributed by atoms with Crippen LogP contribution in [0.2, 0.25) is 5.02 Å². The molecule has 0 bridgehead atoms. The fourth-order valence-electron chi connectivity index (χ4n) is 1.95. The van der Waals surface area contributed by atoms with Crippen LogP contribution in [0.25, 0.3) is 0 Å². The molecular weight excluding hydrogens is 240 g/mol. The summed E-state index contributed by atoms with van der Waals surface area (Å²) in [5, 5.41) is 0.536. The van der Waals surface area contributed by atoms with Crippen molar-refractivity contribution in [3.8, 4) is 0 Å². The summed E-state index contributed by atoms with van der Waals surface area (Å²) in [7, 11) is 0. The van der Waals surface area contributed by atoms with E-state index >= 15 is 0 Å². The van der Waals surface area contributed by atoms with Crippen molar-refractivity contribution in [2.75, 3.05) is 36.8 Å². The Morgan fingerprint density at radius 1 is 1.41 bits per heavy atom. The molecule has 1 aromatic rings. The van der Waals surface area contributed by atoms with E-state index in [2.05, 4.69) is 9.88 Å². The van der Waals surface area contributed by atoms with E-state index in [1.54, 1.807) is 19.2 Å². The second-order valence-corrected chi connectivity index (χ2v) is 4.50. The van der Waals surface area contributed by atoms with Crippen LogP contribution in [0.4, 0.5) is 11.5 Å². The molecule has 1 aliphatic heterocycles. The molecule has 6 heteroatoms. The number of nitrogens with two attached hydrogens (primary N) is 1. The van der Waals surface area contributed by atoms with Crippen LogP contribution in [0.3, 0.4) is 0 Å². The lowest BCUT2D eigenvalue weighted by Gasteiger charge is -2.35. The second-order valence-electron chi connectivity index (χ2n) is 4.06. The van der Waals surface area contributed by atoms with E-state index < -0.39 is 0 Å². The number of carbonyl (C=O) groups excluding carboxylic acids is 1. The smallest absolute Gasteiger partial charge is 0.219 e. The van der Waals surface area contributed by atoms with Crippen molar-refractivity contribution in [2.45, 2.75) is 6.92 Å². The van der Waals surface area contributed by atoms with Gasteiger partial charge < -0.3 is 15.5 Å². The number of piperazine rings is 1. The first-order chi connectivity index (χ1) is 8.08. The highest BCUT2D eigenvalue weighted by Crippen LogP contribution is 2.24. The monoisotopic (exact) mass is 254 g/mol. The zero-order valence-electron chi connectivity index (χ0n) is 9.69. The molecule has 17 heavy (non-hydrogen) atoms. The molecule has 5 nitrogen and oxygen atoms in total. The molecule has 0 atom stereocenters. The van der Waals surface area contributed by atoms with Crippen LogP contribution in [0.1, 0.15) is 6.92 Å². The summed E-state index contributed by atoms with van der Waals surface area (Å²) in [6.45, 7) is 4.50. The molecule has 2 rings (SSSR count). The van der Waals surface area contributed by atoms with Gasteiger partial charge in [-0.05, 0) is 6.07 Å². The minimum absolute atomic E-state index is 0.113. The zero-order valence-corrected chi connectivity index (χ0v) is 10.4. The fraction of sp³-hybridized carbons (Fsp3) is 0.455. The van der Waals surface area contributed by atoms with Gasteiger partial charge in [-0.15, -0.1) is 0 Å². The lowest BCUT2D eigenvalue weighted by molar-refractivity contribution is -0.129. The van der Waals surface area contributed by atoms with Gasteiger partial charge in [0.05, 0.1) is 10.7 Å². The third-order valence-corrected chi connectivity index (χ3v) is 3.09. The molecule has 1 aromatic heterocycles. The number of carbonyl (C=O) groups is 1. The van der Waals surface area contributed by atoms with Crippen LogP contribution in [0.5, 0.6) is 0 Å². The number of anilines is 2. The number of hydrogen-bond acceptors (Lipinski definition) is 4. The predicted octanol–water partition coefficient (Wildman–Crippen LogP) is 0.986. The van der Waals surface area contributed by atoms with Crippen molar-refractivity contribution in [1.82, 2.24) is 9.88 Å². The Labute approximate surface area is 105 Å². The molecule has 0 aromatic carbocycles. The maximum absolute atomic E-state index is 11.2. The van der Waals surface area contributed by atoms with Crippen LogP contribution in [-0.4, -0.2) is 42.0 Å². The highest BCUT2D eigenvalue weighted by atomic mass is 35.5. The summed E-state index contributed by atoms with van der Waals surface area (Å²) in [4.78, 5) is 19.3. The number of rotatable bonds is 1. The average molecular weight is 255 g/mol. The first kappa shape index (κ1) is 12.0. The molecule has 0 radical (unpaired) electrons. The third kappa shape index (κ3) is 2.61. The molecule has 1 saturated heterocycles. The summed E-state index contributed by atoms with van der Waals surface area (Å²) in [6, 6.07) is 1.70. The Morgan fingerprint density at radius 2 is 2.06 bits per heavy atom. The van der Waals surface area contributed by atoms with E-state index in [0.29, 0.717) is 23.8 Å². The van der Waals surface area contributed by atoms with E-state index in [0.717, 1.165) is 18.9 Å². The SMILES string of the molecule is CC(=O)N1CCN(c2ncc(Cl)cc2N)CC1. The number of amides is 1. The lowest BCUT2D eigenvalue weighted by atomic mass is 10.3. The third-order valence-electron chi connectivity index (χ3n) is 2.89. The summed E-state index contributed by atoms with van der Waals surface area (Å²) in [5.74, 6) is 0.860. The van der Waals surface area contributed by atoms with Gasteiger partial charge in [-0.1, -0.05) is 11.6 Å². The lowest BCUT2D eigenvalue weighted by Crippen LogP contribution is -2.48. The van der Waals surface area contributed by atoms with Gasteiger partial charge in [0.1, 0.15) is 0 Å². The van der Waals surface area contributed by atoms with E-state index in [-0.39, 0.29) is 5.91 Å². The molecule has 2 heterocycles. The van der Waals surface area contributed by atoms with Crippen molar-refractivity contribution in [1.29, 1.82) is 0 Å². The van der Waals surface area contributed by atoms with Gasteiger partial charge >= 0.3 is 0 Å². The molecule has 92 valence electrons. The molecule has 1 aliphatic rings. The minimum Gasteiger partial charge on any atom is -0.396 e. The Hall–Kier alpha value is -1.49. The van der Waals surface area contributed by atoms with Crippen molar-refractivity contribution in [2.24, 2.45) is 0 Å². The van der Waals surface area contributed by atoms with Gasteiger partial charge in [0.25, 0.3) is 0 Å². The number of pyridine rings is 1. The topological polar surface area (TPSA) is 62.5 Å². The molecule has 0 aliphatic carbocycles. The molecule has 2 N–H and O–H groups in total. The number of nitrogens with zero attached hydrogens (tertiary/aromatic N) is 3. The number of halogens is 1. The molecule has 1 fully saturated rings. The average Bonchev–Trinajstić information content (AvgIpc) is 2.29. The maximum atomic E-state index is 11.2. The Kier molecular flexibility index (Phi) is 3.38. The molecular formula is C11H15ClN4O. The highest BCUT2D eigenvalue weighted by molar-refractivity contribution is 6.30. The highest BCUT2D eigenvalue weighted by Gasteiger charge is 2.20.